The van der Waals surface area contributed by atoms with Crippen LogP contribution in [-0.2, 0) is 4.74 Å². The molecule has 1 aliphatic rings. The van der Waals surface area contributed by atoms with Crippen LogP contribution in [0.2, 0.25) is 0 Å². The van der Waals surface area contributed by atoms with Gasteiger partial charge < -0.3 is 19.9 Å². The van der Waals surface area contributed by atoms with Gasteiger partial charge in [0, 0.05) is 45.2 Å². The minimum Gasteiger partial charge on any atom is -0.383 e. The Bertz CT molecular complexity index is 459. The van der Waals surface area contributed by atoms with Crippen LogP contribution < -0.4 is 10.2 Å². The molecular weight excluding hydrogens is 266 g/mol. The molecule has 0 atom stereocenters. The Morgan fingerprint density at radius 1 is 1.33 bits per heavy atom. The molecule has 1 saturated heterocycles. The van der Waals surface area contributed by atoms with Crippen molar-refractivity contribution in [1.82, 2.24) is 4.90 Å². The highest BCUT2D eigenvalue weighted by molar-refractivity contribution is 5.89. The molecular formula is C16H25N3O2. The standard InChI is InChI=1S/C16H25N3O2/c1-18(11-12-21-2)16(20)17-14-7-6-8-15(13-14)19-9-4-3-5-10-19/h6-8,13H,3-5,9-12H2,1-2H3,(H,17,20). The van der Waals surface area contributed by atoms with Crippen molar-refractivity contribution in [2.75, 3.05) is 50.6 Å². The van der Waals surface area contributed by atoms with Crippen LogP contribution in [0.25, 0.3) is 0 Å². The van der Waals surface area contributed by atoms with Gasteiger partial charge in [-0.3, -0.25) is 0 Å². The Hall–Kier alpha value is -1.75. The predicted octanol–water partition coefficient (Wildman–Crippen LogP) is 2.79. The van der Waals surface area contributed by atoms with Crippen molar-refractivity contribution in [2.24, 2.45) is 0 Å². The number of hydrogen-bond donors (Lipinski definition) is 1. The number of hydrogen-bond acceptors (Lipinski definition) is 3. The van der Waals surface area contributed by atoms with Crippen LogP contribution in [0.15, 0.2) is 24.3 Å². The number of nitrogens with one attached hydrogen (secondary N) is 1. The van der Waals surface area contributed by atoms with Gasteiger partial charge >= 0.3 is 6.03 Å². The molecule has 0 bridgehead atoms. The van der Waals surface area contributed by atoms with Gasteiger partial charge in [-0.1, -0.05) is 6.07 Å². The smallest absolute Gasteiger partial charge is 0.321 e. The van der Waals surface area contributed by atoms with Gasteiger partial charge in [-0.25, -0.2) is 4.79 Å². The third kappa shape index (κ3) is 4.63. The number of nitrogens with zero attached hydrogens (tertiary/aromatic N) is 2. The minimum absolute atomic E-state index is 0.108. The molecule has 2 rings (SSSR count). The summed E-state index contributed by atoms with van der Waals surface area (Å²) in [5.74, 6) is 0. The van der Waals surface area contributed by atoms with E-state index in [-0.39, 0.29) is 6.03 Å². The number of methoxy groups -OCH3 is 1. The molecule has 0 aliphatic carbocycles. The van der Waals surface area contributed by atoms with E-state index in [1.165, 1.54) is 24.9 Å². The van der Waals surface area contributed by atoms with E-state index >= 15 is 0 Å². The van der Waals surface area contributed by atoms with Crippen LogP contribution in [-0.4, -0.2) is 51.3 Å². The molecule has 5 nitrogen and oxygen atoms in total. The lowest BCUT2D eigenvalue weighted by molar-refractivity contribution is 0.165. The number of carbonyl (C=O) groups is 1. The van der Waals surface area contributed by atoms with Gasteiger partial charge in [-0.2, -0.15) is 0 Å². The van der Waals surface area contributed by atoms with E-state index < -0.39 is 0 Å². The summed E-state index contributed by atoms with van der Waals surface area (Å²) in [5.41, 5.74) is 2.03. The first-order valence-corrected chi connectivity index (χ1v) is 7.57. The Morgan fingerprint density at radius 2 is 2.10 bits per heavy atom. The lowest BCUT2D eigenvalue weighted by Gasteiger charge is -2.29. The maximum Gasteiger partial charge on any atom is 0.321 e. The topological polar surface area (TPSA) is 44.8 Å². The average Bonchev–Trinajstić information content (AvgIpc) is 2.53. The van der Waals surface area contributed by atoms with Gasteiger partial charge in [0.15, 0.2) is 0 Å². The summed E-state index contributed by atoms with van der Waals surface area (Å²) in [6, 6.07) is 7.97. The minimum atomic E-state index is -0.108. The van der Waals surface area contributed by atoms with Gasteiger partial charge in [-0.15, -0.1) is 0 Å². The number of benzene rings is 1. The number of carbonyl (C=O) groups excluding carboxylic acids is 1. The molecule has 1 aromatic carbocycles. The fourth-order valence-electron chi connectivity index (χ4n) is 2.48. The second-order valence-electron chi connectivity index (χ2n) is 5.44. The molecule has 1 aromatic rings. The predicted molar refractivity (Wildman–Crippen MR) is 86.0 cm³/mol. The molecule has 1 aliphatic heterocycles. The number of urea groups is 1. The highest BCUT2D eigenvalue weighted by atomic mass is 16.5. The number of anilines is 2. The number of amides is 2. The third-order valence-corrected chi connectivity index (χ3v) is 3.80. The van der Waals surface area contributed by atoms with Crippen molar-refractivity contribution < 1.29 is 9.53 Å². The molecule has 116 valence electrons. The maximum absolute atomic E-state index is 12.1. The molecule has 0 saturated carbocycles. The first kappa shape index (κ1) is 15.6. The number of likely N-dealkylation sites (N-methyl/N-ethyl adjacent to an activating group) is 1. The van der Waals surface area contributed by atoms with E-state index in [2.05, 4.69) is 16.3 Å². The van der Waals surface area contributed by atoms with Gasteiger partial charge in [0.05, 0.1) is 6.61 Å². The number of rotatable bonds is 5. The molecule has 2 amide bonds. The Labute approximate surface area is 126 Å². The second-order valence-corrected chi connectivity index (χ2v) is 5.44. The summed E-state index contributed by atoms with van der Waals surface area (Å²) < 4.78 is 4.98. The number of piperidine rings is 1. The van der Waals surface area contributed by atoms with Crippen molar-refractivity contribution in [3.05, 3.63) is 24.3 Å². The lowest BCUT2D eigenvalue weighted by atomic mass is 10.1. The maximum atomic E-state index is 12.1. The van der Waals surface area contributed by atoms with Crippen molar-refractivity contribution in [3.63, 3.8) is 0 Å². The van der Waals surface area contributed by atoms with Crippen molar-refractivity contribution in [2.45, 2.75) is 19.3 Å². The molecule has 1 fully saturated rings. The van der Waals surface area contributed by atoms with Crippen LogP contribution in [0.1, 0.15) is 19.3 Å². The van der Waals surface area contributed by atoms with E-state index in [0.717, 1.165) is 18.8 Å². The van der Waals surface area contributed by atoms with Crippen LogP contribution >= 0.6 is 0 Å². The summed E-state index contributed by atoms with van der Waals surface area (Å²) >= 11 is 0. The zero-order valence-electron chi connectivity index (χ0n) is 13.0. The molecule has 5 heteroatoms. The molecule has 0 spiro atoms. The van der Waals surface area contributed by atoms with Gasteiger partial charge in [0.2, 0.25) is 0 Å². The first-order valence-electron chi connectivity index (χ1n) is 7.57. The van der Waals surface area contributed by atoms with Crippen molar-refractivity contribution in [3.8, 4) is 0 Å². The SMILES string of the molecule is COCCN(C)C(=O)Nc1cccc(N2CCCCC2)c1. The average molecular weight is 291 g/mol. The zero-order valence-corrected chi connectivity index (χ0v) is 13.0. The summed E-state index contributed by atoms with van der Waals surface area (Å²) in [5, 5.41) is 2.93. The van der Waals surface area contributed by atoms with Crippen molar-refractivity contribution in [1.29, 1.82) is 0 Å². The Kier molecular flexibility index (Phi) is 5.87. The van der Waals surface area contributed by atoms with Gasteiger partial charge in [-0.05, 0) is 37.5 Å². The molecule has 1 heterocycles. The van der Waals surface area contributed by atoms with Gasteiger partial charge in [0.1, 0.15) is 0 Å². The fourth-order valence-corrected chi connectivity index (χ4v) is 2.48. The summed E-state index contributed by atoms with van der Waals surface area (Å²) in [7, 11) is 3.40. The molecule has 1 N–H and O–H groups in total. The molecule has 21 heavy (non-hydrogen) atoms. The van der Waals surface area contributed by atoms with Crippen LogP contribution in [0, 0.1) is 0 Å². The summed E-state index contributed by atoms with van der Waals surface area (Å²) in [6.07, 6.45) is 3.81. The molecule has 0 radical (unpaired) electrons. The van der Waals surface area contributed by atoms with E-state index in [0.29, 0.717) is 13.2 Å². The summed E-state index contributed by atoms with van der Waals surface area (Å²) in [6.45, 7) is 3.32. The highest BCUT2D eigenvalue weighted by Crippen LogP contribution is 2.23. The largest absolute Gasteiger partial charge is 0.383 e. The molecule has 0 unspecified atom stereocenters. The van der Waals surface area contributed by atoms with Crippen molar-refractivity contribution >= 4 is 17.4 Å². The zero-order chi connectivity index (χ0) is 15.1. The van der Waals surface area contributed by atoms with E-state index in [9.17, 15) is 4.79 Å². The van der Waals surface area contributed by atoms with Gasteiger partial charge in [0.25, 0.3) is 0 Å². The Balaban J connectivity index is 1.95. The van der Waals surface area contributed by atoms with Crippen LogP contribution in [0.3, 0.4) is 0 Å². The highest BCUT2D eigenvalue weighted by Gasteiger charge is 2.12. The van der Waals surface area contributed by atoms with E-state index in [1.54, 1.807) is 19.1 Å². The quantitative estimate of drug-likeness (QED) is 0.907. The Morgan fingerprint density at radius 3 is 2.81 bits per heavy atom. The van der Waals surface area contributed by atoms with Crippen LogP contribution in [0.4, 0.5) is 16.2 Å². The van der Waals surface area contributed by atoms with Crippen LogP contribution in [0.5, 0.6) is 0 Å². The fraction of sp³-hybridized carbons (Fsp3) is 0.562. The number of ether oxygens (including phenoxy) is 1. The molecule has 0 aromatic heterocycles. The van der Waals surface area contributed by atoms with E-state index in [1.807, 2.05) is 18.2 Å². The monoisotopic (exact) mass is 291 g/mol. The normalized spacial score (nSPS) is 14.9. The summed E-state index contributed by atoms with van der Waals surface area (Å²) in [4.78, 5) is 16.1. The first-order chi connectivity index (χ1) is 10.2. The second kappa shape index (κ2) is 7.88. The lowest BCUT2D eigenvalue weighted by Crippen LogP contribution is -2.34. The third-order valence-electron chi connectivity index (χ3n) is 3.80. The van der Waals surface area contributed by atoms with E-state index in [4.69, 9.17) is 4.74 Å².